The second-order valence-corrected chi connectivity index (χ2v) is 3.77. The van der Waals surface area contributed by atoms with Gasteiger partial charge in [-0.2, -0.15) is 0 Å². The molecule has 2 N–H and O–H groups in total. The van der Waals surface area contributed by atoms with Crippen molar-refractivity contribution in [3.63, 3.8) is 0 Å². The van der Waals surface area contributed by atoms with Crippen LogP contribution < -0.4 is 14.8 Å². The molecule has 0 aliphatic rings. The molecule has 0 saturated carbocycles. The van der Waals surface area contributed by atoms with Crippen LogP contribution in [0, 0.1) is 0 Å². The number of hydrogen-bond acceptors (Lipinski definition) is 4. The van der Waals surface area contributed by atoms with E-state index in [-0.39, 0.29) is 12.6 Å². The number of para-hydroxylation sites is 1. The summed E-state index contributed by atoms with van der Waals surface area (Å²) in [6.45, 7) is 2.97. The topological polar surface area (TPSA) is 50.7 Å². The van der Waals surface area contributed by atoms with Crippen LogP contribution in [0.25, 0.3) is 0 Å². The third-order valence-electron chi connectivity index (χ3n) is 2.63. The normalized spacial score (nSPS) is 12.2. The van der Waals surface area contributed by atoms with Crippen molar-refractivity contribution in [1.82, 2.24) is 5.32 Å². The SMILES string of the molecule is CCCNC(CO)c1cccc(OC)c1OC. The molecule has 0 aromatic heterocycles. The standard InChI is InChI=1S/C13H21NO3/c1-4-8-14-11(9-15)10-6-5-7-12(16-2)13(10)17-3/h5-7,11,14-15H,4,8-9H2,1-3H3. The van der Waals surface area contributed by atoms with Crippen LogP contribution in [0.1, 0.15) is 24.9 Å². The Hall–Kier alpha value is -1.26. The summed E-state index contributed by atoms with van der Waals surface area (Å²) in [7, 11) is 3.21. The molecule has 1 aromatic carbocycles. The van der Waals surface area contributed by atoms with Crippen molar-refractivity contribution >= 4 is 0 Å². The van der Waals surface area contributed by atoms with Crippen molar-refractivity contribution in [3.8, 4) is 11.5 Å². The van der Waals surface area contributed by atoms with E-state index in [2.05, 4.69) is 12.2 Å². The molecule has 0 heterocycles. The number of nitrogens with one attached hydrogen (secondary N) is 1. The lowest BCUT2D eigenvalue weighted by Gasteiger charge is -2.20. The minimum Gasteiger partial charge on any atom is -0.493 e. The van der Waals surface area contributed by atoms with Crippen molar-refractivity contribution in [2.75, 3.05) is 27.4 Å². The van der Waals surface area contributed by atoms with Gasteiger partial charge < -0.3 is 19.9 Å². The molecule has 0 aliphatic carbocycles. The Morgan fingerprint density at radius 3 is 2.59 bits per heavy atom. The Bertz CT molecular complexity index is 341. The van der Waals surface area contributed by atoms with Gasteiger partial charge in [-0.15, -0.1) is 0 Å². The van der Waals surface area contributed by atoms with E-state index in [4.69, 9.17) is 9.47 Å². The second-order valence-electron chi connectivity index (χ2n) is 3.77. The lowest BCUT2D eigenvalue weighted by molar-refractivity contribution is 0.240. The van der Waals surface area contributed by atoms with Gasteiger partial charge in [-0.3, -0.25) is 0 Å². The monoisotopic (exact) mass is 239 g/mol. The van der Waals surface area contributed by atoms with Crippen molar-refractivity contribution in [2.45, 2.75) is 19.4 Å². The zero-order chi connectivity index (χ0) is 12.7. The summed E-state index contributed by atoms with van der Waals surface area (Å²) in [6, 6.07) is 5.55. The predicted octanol–water partition coefficient (Wildman–Crippen LogP) is 1.74. The summed E-state index contributed by atoms with van der Waals surface area (Å²) >= 11 is 0. The molecule has 0 aliphatic heterocycles. The fraction of sp³-hybridized carbons (Fsp3) is 0.538. The second kappa shape index (κ2) is 7.14. The van der Waals surface area contributed by atoms with Gasteiger partial charge in [-0.05, 0) is 19.0 Å². The first-order chi connectivity index (χ1) is 8.28. The lowest BCUT2D eigenvalue weighted by Crippen LogP contribution is -2.25. The highest BCUT2D eigenvalue weighted by Gasteiger charge is 2.17. The molecule has 4 nitrogen and oxygen atoms in total. The van der Waals surface area contributed by atoms with Crippen LogP contribution in [-0.4, -0.2) is 32.5 Å². The molecule has 0 bridgehead atoms. The Labute approximate surface area is 103 Å². The zero-order valence-electron chi connectivity index (χ0n) is 10.7. The number of benzene rings is 1. The molecule has 17 heavy (non-hydrogen) atoms. The van der Waals surface area contributed by atoms with E-state index in [1.54, 1.807) is 14.2 Å². The van der Waals surface area contributed by atoms with E-state index in [1.807, 2.05) is 18.2 Å². The lowest BCUT2D eigenvalue weighted by atomic mass is 10.1. The van der Waals surface area contributed by atoms with E-state index >= 15 is 0 Å². The fourth-order valence-electron chi connectivity index (χ4n) is 1.78. The molecule has 0 fully saturated rings. The number of aliphatic hydroxyl groups excluding tert-OH is 1. The first kappa shape index (κ1) is 13.8. The highest BCUT2D eigenvalue weighted by atomic mass is 16.5. The third-order valence-corrected chi connectivity index (χ3v) is 2.63. The van der Waals surface area contributed by atoms with Gasteiger partial charge in [0.05, 0.1) is 26.9 Å². The maximum atomic E-state index is 9.43. The Morgan fingerprint density at radius 2 is 2.06 bits per heavy atom. The number of ether oxygens (including phenoxy) is 2. The highest BCUT2D eigenvalue weighted by molar-refractivity contribution is 5.48. The first-order valence-corrected chi connectivity index (χ1v) is 5.83. The quantitative estimate of drug-likeness (QED) is 0.761. The van der Waals surface area contributed by atoms with Gasteiger partial charge in [0.15, 0.2) is 11.5 Å². The average Bonchev–Trinajstić information content (AvgIpc) is 2.39. The van der Waals surface area contributed by atoms with Gasteiger partial charge in [0.2, 0.25) is 0 Å². The fourth-order valence-corrected chi connectivity index (χ4v) is 1.78. The summed E-state index contributed by atoms with van der Waals surface area (Å²) in [5.41, 5.74) is 0.919. The number of aliphatic hydroxyl groups is 1. The van der Waals surface area contributed by atoms with E-state index in [0.29, 0.717) is 11.5 Å². The van der Waals surface area contributed by atoms with Crippen molar-refractivity contribution in [3.05, 3.63) is 23.8 Å². The summed E-state index contributed by atoms with van der Waals surface area (Å²) in [4.78, 5) is 0. The van der Waals surface area contributed by atoms with Crippen LogP contribution in [0.3, 0.4) is 0 Å². The average molecular weight is 239 g/mol. The van der Waals surface area contributed by atoms with Gasteiger partial charge in [0.1, 0.15) is 0 Å². The van der Waals surface area contributed by atoms with Gasteiger partial charge >= 0.3 is 0 Å². The van der Waals surface area contributed by atoms with Gasteiger partial charge in [-0.1, -0.05) is 19.1 Å². The summed E-state index contributed by atoms with van der Waals surface area (Å²) < 4.78 is 10.6. The maximum Gasteiger partial charge on any atom is 0.165 e. The zero-order valence-corrected chi connectivity index (χ0v) is 10.7. The molecular weight excluding hydrogens is 218 g/mol. The molecule has 4 heteroatoms. The minimum absolute atomic E-state index is 0.0313. The first-order valence-electron chi connectivity index (χ1n) is 5.83. The van der Waals surface area contributed by atoms with E-state index < -0.39 is 0 Å². The van der Waals surface area contributed by atoms with Crippen molar-refractivity contribution in [2.24, 2.45) is 0 Å². The van der Waals surface area contributed by atoms with E-state index in [9.17, 15) is 5.11 Å². The summed E-state index contributed by atoms with van der Waals surface area (Å²) in [5.74, 6) is 1.36. The molecule has 1 unspecified atom stereocenters. The molecule has 0 amide bonds. The van der Waals surface area contributed by atoms with Gasteiger partial charge in [-0.25, -0.2) is 0 Å². The molecular formula is C13H21NO3. The molecule has 96 valence electrons. The largest absolute Gasteiger partial charge is 0.493 e. The van der Waals surface area contributed by atoms with Crippen molar-refractivity contribution in [1.29, 1.82) is 0 Å². The minimum atomic E-state index is -0.125. The van der Waals surface area contributed by atoms with Gasteiger partial charge in [0, 0.05) is 5.56 Å². The third kappa shape index (κ3) is 3.35. The van der Waals surface area contributed by atoms with E-state index in [1.165, 1.54) is 0 Å². The Kier molecular flexibility index (Phi) is 5.80. The van der Waals surface area contributed by atoms with Crippen LogP contribution in [0.2, 0.25) is 0 Å². The van der Waals surface area contributed by atoms with Gasteiger partial charge in [0.25, 0.3) is 0 Å². The molecule has 1 rings (SSSR count). The molecule has 0 spiro atoms. The van der Waals surface area contributed by atoms with Crippen LogP contribution in [0.5, 0.6) is 11.5 Å². The molecule has 1 atom stereocenters. The highest BCUT2D eigenvalue weighted by Crippen LogP contribution is 2.34. The maximum absolute atomic E-state index is 9.43. The number of methoxy groups -OCH3 is 2. The van der Waals surface area contributed by atoms with Crippen molar-refractivity contribution < 1.29 is 14.6 Å². The van der Waals surface area contributed by atoms with Crippen LogP contribution in [-0.2, 0) is 0 Å². The Balaban J connectivity index is 3.00. The van der Waals surface area contributed by atoms with Crippen LogP contribution in [0.15, 0.2) is 18.2 Å². The molecule has 0 radical (unpaired) electrons. The van der Waals surface area contributed by atoms with Crippen LogP contribution >= 0.6 is 0 Å². The summed E-state index contributed by atoms with van der Waals surface area (Å²) in [5, 5.41) is 12.7. The number of rotatable bonds is 7. The smallest absolute Gasteiger partial charge is 0.165 e. The van der Waals surface area contributed by atoms with Crippen LogP contribution in [0.4, 0.5) is 0 Å². The Morgan fingerprint density at radius 1 is 1.29 bits per heavy atom. The predicted molar refractivity (Wildman–Crippen MR) is 67.7 cm³/mol. The number of hydrogen-bond donors (Lipinski definition) is 2. The summed E-state index contributed by atoms with van der Waals surface area (Å²) in [6.07, 6.45) is 1.02. The molecule has 0 saturated heterocycles. The molecule has 1 aromatic rings. The van der Waals surface area contributed by atoms with E-state index in [0.717, 1.165) is 18.5 Å².